The van der Waals surface area contributed by atoms with E-state index < -0.39 is 29.6 Å². The molecule has 7 heteroatoms. The van der Waals surface area contributed by atoms with Crippen molar-refractivity contribution in [1.29, 1.82) is 0 Å². The van der Waals surface area contributed by atoms with Gasteiger partial charge in [-0.3, -0.25) is 0 Å². The van der Waals surface area contributed by atoms with Gasteiger partial charge in [0, 0.05) is 0 Å². The molecule has 0 aliphatic carbocycles. The van der Waals surface area contributed by atoms with E-state index >= 15 is 0 Å². The first-order chi connectivity index (χ1) is 9.29. The van der Waals surface area contributed by atoms with E-state index in [0.29, 0.717) is 12.1 Å². The summed E-state index contributed by atoms with van der Waals surface area (Å²) in [5.41, 5.74) is -1.44. The Labute approximate surface area is 113 Å². The first kappa shape index (κ1) is 16.3. The summed E-state index contributed by atoms with van der Waals surface area (Å²) in [6.07, 6.45) is -5.63. The van der Waals surface area contributed by atoms with Crippen molar-refractivity contribution >= 4 is 5.97 Å². The summed E-state index contributed by atoms with van der Waals surface area (Å²) >= 11 is 0. The molecular weight excluding hydrogens is 280 g/mol. The number of halogens is 4. The number of hydrogen-bond donors (Lipinski definition) is 0. The summed E-state index contributed by atoms with van der Waals surface area (Å²) < 4.78 is 60.6. The Morgan fingerprint density at radius 1 is 1.30 bits per heavy atom. The number of rotatable bonds is 5. The average molecular weight is 294 g/mol. The minimum absolute atomic E-state index is 0.135. The van der Waals surface area contributed by atoms with Crippen LogP contribution in [0.3, 0.4) is 0 Å². The summed E-state index contributed by atoms with van der Waals surface area (Å²) in [5, 5.41) is 0. The molecule has 0 saturated heterocycles. The van der Waals surface area contributed by atoms with Crippen LogP contribution in [0.2, 0.25) is 0 Å². The molecule has 112 valence electrons. The van der Waals surface area contributed by atoms with E-state index in [1.54, 1.807) is 13.8 Å². The predicted octanol–water partition coefficient (Wildman–Crippen LogP) is 3.57. The quantitative estimate of drug-likeness (QED) is 0.615. The van der Waals surface area contributed by atoms with Crippen molar-refractivity contribution < 1.29 is 31.8 Å². The zero-order valence-corrected chi connectivity index (χ0v) is 11.0. The maximum atomic E-state index is 13.1. The second kappa shape index (κ2) is 6.58. The Morgan fingerprint density at radius 3 is 2.45 bits per heavy atom. The second-order valence-corrected chi connectivity index (χ2v) is 3.91. The lowest BCUT2D eigenvalue weighted by atomic mass is 10.2. The van der Waals surface area contributed by atoms with Gasteiger partial charge in [0.1, 0.15) is 11.6 Å². The third-order valence-corrected chi connectivity index (χ3v) is 2.44. The fraction of sp³-hybridized carbons (Fsp3) is 0.462. The highest BCUT2D eigenvalue weighted by Gasteiger charge is 2.34. The molecule has 0 aromatic heterocycles. The van der Waals surface area contributed by atoms with E-state index in [-0.39, 0.29) is 18.8 Å². The van der Waals surface area contributed by atoms with E-state index in [4.69, 9.17) is 9.47 Å². The van der Waals surface area contributed by atoms with Crippen LogP contribution in [-0.2, 0) is 15.7 Å². The van der Waals surface area contributed by atoms with Gasteiger partial charge in [-0.1, -0.05) is 6.92 Å². The molecule has 0 N–H and O–H groups in total. The minimum atomic E-state index is -4.82. The van der Waals surface area contributed by atoms with Crippen LogP contribution in [0.1, 0.15) is 25.8 Å². The van der Waals surface area contributed by atoms with Crippen molar-refractivity contribution in [2.75, 3.05) is 6.61 Å². The van der Waals surface area contributed by atoms with Gasteiger partial charge in [-0.2, -0.15) is 13.2 Å². The van der Waals surface area contributed by atoms with Gasteiger partial charge in [0.05, 0.1) is 12.2 Å². The first-order valence-electron chi connectivity index (χ1n) is 5.99. The Bertz CT molecular complexity index is 471. The third-order valence-electron chi connectivity index (χ3n) is 2.44. The molecule has 1 rings (SSSR count). The summed E-state index contributed by atoms with van der Waals surface area (Å²) in [6, 6.07) is 2.21. The number of hydrogen-bond acceptors (Lipinski definition) is 3. The third kappa shape index (κ3) is 4.11. The molecule has 0 aliphatic rings. The Balaban J connectivity index is 2.95. The SMILES string of the molecule is CCOC(=O)[C@H](CC)Oc1ccc(F)c(C(F)(F)F)c1. The predicted molar refractivity (Wildman–Crippen MR) is 62.7 cm³/mol. The molecule has 1 aromatic carbocycles. The van der Waals surface area contributed by atoms with Crippen LogP contribution in [0.25, 0.3) is 0 Å². The number of ether oxygens (including phenoxy) is 2. The van der Waals surface area contributed by atoms with Crippen molar-refractivity contribution in [3.8, 4) is 5.75 Å². The van der Waals surface area contributed by atoms with Crippen LogP contribution >= 0.6 is 0 Å². The Hall–Kier alpha value is -1.79. The summed E-state index contributed by atoms with van der Waals surface area (Å²) in [7, 11) is 0. The van der Waals surface area contributed by atoms with Crippen LogP contribution in [0.4, 0.5) is 17.6 Å². The molecule has 0 unspecified atom stereocenters. The zero-order chi connectivity index (χ0) is 15.3. The van der Waals surface area contributed by atoms with Gasteiger partial charge in [-0.05, 0) is 31.5 Å². The van der Waals surface area contributed by atoms with E-state index in [2.05, 4.69) is 0 Å². The largest absolute Gasteiger partial charge is 0.479 e. The summed E-state index contributed by atoms with van der Waals surface area (Å²) in [6.45, 7) is 3.36. The topological polar surface area (TPSA) is 35.5 Å². The van der Waals surface area contributed by atoms with Gasteiger partial charge in [0.15, 0.2) is 6.10 Å². The molecule has 0 heterocycles. The van der Waals surface area contributed by atoms with Crippen molar-refractivity contribution in [3.05, 3.63) is 29.6 Å². The lowest BCUT2D eigenvalue weighted by Crippen LogP contribution is -2.28. The van der Waals surface area contributed by atoms with Crippen LogP contribution < -0.4 is 4.74 Å². The zero-order valence-electron chi connectivity index (χ0n) is 11.0. The number of carbonyl (C=O) groups excluding carboxylic acids is 1. The number of alkyl halides is 3. The molecular formula is C13H14F4O3. The smallest absolute Gasteiger partial charge is 0.419 e. The molecule has 0 amide bonds. The molecule has 0 bridgehead atoms. The van der Waals surface area contributed by atoms with Gasteiger partial charge in [-0.25, -0.2) is 9.18 Å². The van der Waals surface area contributed by atoms with E-state index in [1.165, 1.54) is 0 Å². The standard InChI is InChI=1S/C13H14F4O3/c1-3-11(12(18)19-4-2)20-8-5-6-10(14)9(7-8)13(15,16)17/h5-7,11H,3-4H2,1-2H3/t11-/m0/s1. The monoisotopic (exact) mass is 294 g/mol. The first-order valence-corrected chi connectivity index (χ1v) is 5.99. The number of carbonyl (C=O) groups is 1. The molecule has 0 saturated carbocycles. The summed E-state index contributed by atoms with van der Waals surface area (Å²) in [5.74, 6) is -2.31. The Kier molecular flexibility index (Phi) is 5.35. The van der Waals surface area contributed by atoms with Gasteiger partial charge in [0.25, 0.3) is 0 Å². The van der Waals surface area contributed by atoms with E-state index in [9.17, 15) is 22.4 Å². The fourth-order valence-corrected chi connectivity index (χ4v) is 1.49. The molecule has 1 aromatic rings. The highest BCUT2D eigenvalue weighted by atomic mass is 19.4. The second-order valence-electron chi connectivity index (χ2n) is 3.91. The van der Waals surface area contributed by atoms with Gasteiger partial charge in [0.2, 0.25) is 0 Å². The van der Waals surface area contributed by atoms with Gasteiger partial charge >= 0.3 is 12.1 Å². The molecule has 20 heavy (non-hydrogen) atoms. The summed E-state index contributed by atoms with van der Waals surface area (Å²) in [4.78, 5) is 11.5. The minimum Gasteiger partial charge on any atom is -0.479 e. The number of benzene rings is 1. The maximum Gasteiger partial charge on any atom is 0.419 e. The lowest BCUT2D eigenvalue weighted by Gasteiger charge is -2.17. The van der Waals surface area contributed by atoms with Crippen LogP contribution in [0.15, 0.2) is 18.2 Å². The average Bonchev–Trinajstić information content (AvgIpc) is 2.36. The van der Waals surface area contributed by atoms with Crippen molar-refractivity contribution in [1.82, 2.24) is 0 Å². The normalized spacial score (nSPS) is 12.9. The lowest BCUT2D eigenvalue weighted by molar-refractivity contribution is -0.151. The maximum absolute atomic E-state index is 13.1. The Morgan fingerprint density at radius 2 is 1.95 bits per heavy atom. The van der Waals surface area contributed by atoms with E-state index in [1.807, 2.05) is 0 Å². The molecule has 0 spiro atoms. The highest BCUT2D eigenvalue weighted by Crippen LogP contribution is 2.33. The van der Waals surface area contributed by atoms with Gasteiger partial charge in [-0.15, -0.1) is 0 Å². The van der Waals surface area contributed by atoms with E-state index in [0.717, 1.165) is 6.07 Å². The van der Waals surface area contributed by atoms with Crippen molar-refractivity contribution in [3.63, 3.8) is 0 Å². The van der Waals surface area contributed by atoms with Crippen molar-refractivity contribution in [2.45, 2.75) is 32.5 Å². The fourth-order valence-electron chi connectivity index (χ4n) is 1.49. The van der Waals surface area contributed by atoms with Crippen LogP contribution in [-0.4, -0.2) is 18.7 Å². The molecule has 0 radical (unpaired) electrons. The van der Waals surface area contributed by atoms with Gasteiger partial charge < -0.3 is 9.47 Å². The highest BCUT2D eigenvalue weighted by molar-refractivity contribution is 5.75. The number of esters is 1. The molecule has 3 nitrogen and oxygen atoms in total. The van der Waals surface area contributed by atoms with Crippen LogP contribution in [0.5, 0.6) is 5.75 Å². The molecule has 0 fully saturated rings. The molecule has 0 aliphatic heterocycles. The molecule has 1 atom stereocenters. The van der Waals surface area contributed by atoms with Crippen molar-refractivity contribution in [2.24, 2.45) is 0 Å². The van der Waals surface area contributed by atoms with Crippen LogP contribution in [0, 0.1) is 5.82 Å².